The minimum Gasteiger partial charge on any atom is -0.377 e. The van der Waals surface area contributed by atoms with Gasteiger partial charge in [-0.1, -0.05) is 20.3 Å². The highest BCUT2D eigenvalue weighted by atomic mass is 16.3. The number of likely N-dealkylation sites (N-methyl/N-ethyl adjacent to an activating group) is 1. The summed E-state index contributed by atoms with van der Waals surface area (Å²) in [4.78, 5) is 0. The van der Waals surface area contributed by atoms with E-state index in [1.54, 1.807) is 7.05 Å². The molecule has 0 rings (SSSR count). The highest BCUT2D eigenvalue weighted by Crippen LogP contribution is 2.06. The van der Waals surface area contributed by atoms with Crippen LogP contribution in [-0.4, -0.2) is 24.4 Å². The van der Waals surface area contributed by atoms with Crippen molar-refractivity contribution >= 4 is 0 Å². The Labute approximate surface area is 62.6 Å². The zero-order valence-electron chi connectivity index (χ0n) is 6.96. The molecule has 0 spiro atoms. The van der Waals surface area contributed by atoms with Crippen LogP contribution in [0.2, 0.25) is 0 Å². The third kappa shape index (κ3) is 2.64. The molecule has 0 fully saturated rings. The van der Waals surface area contributed by atoms with E-state index >= 15 is 0 Å². The second-order valence-corrected chi connectivity index (χ2v) is 2.70. The van der Waals surface area contributed by atoms with Crippen molar-refractivity contribution in [3.05, 3.63) is 0 Å². The predicted molar refractivity (Wildman–Crippen MR) is 42.5 cm³/mol. The number of hydrogen-bond acceptors (Lipinski definition) is 3. The SMILES string of the molecule is CCC(C)C(N)C(O)NC. The van der Waals surface area contributed by atoms with Crippen LogP contribution in [0.5, 0.6) is 0 Å². The van der Waals surface area contributed by atoms with Crippen LogP contribution >= 0.6 is 0 Å². The monoisotopic (exact) mass is 146 g/mol. The van der Waals surface area contributed by atoms with E-state index in [9.17, 15) is 5.11 Å². The van der Waals surface area contributed by atoms with Crippen molar-refractivity contribution < 1.29 is 5.11 Å². The Bertz CT molecular complexity index is 77.7. The van der Waals surface area contributed by atoms with Gasteiger partial charge in [-0.15, -0.1) is 0 Å². The van der Waals surface area contributed by atoms with E-state index in [1.807, 2.05) is 6.92 Å². The van der Waals surface area contributed by atoms with Crippen LogP contribution < -0.4 is 11.1 Å². The Balaban J connectivity index is 3.69. The van der Waals surface area contributed by atoms with E-state index in [0.29, 0.717) is 5.92 Å². The number of nitrogens with two attached hydrogens (primary N) is 1. The first-order valence-corrected chi connectivity index (χ1v) is 3.74. The van der Waals surface area contributed by atoms with Gasteiger partial charge in [-0.05, 0) is 13.0 Å². The Morgan fingerprint density at radius 2 is 2.10 bits per heavy atom. The Kier molecular flexibility index (Phi) is 4.60. The molecule has 0 aliphatic heterocycles. The number of aliphatic hydroxyl groups excluding tert-OH is 1. The van der Waals surface area contributed by atoms with Crippen LogP contribution in [0.4, 0.5) is 0 Å². The fraction of sp³-hybridized carbons (Fsp3) is 1.00. The smallest absolute Gasteiger partial charge is 0.120 e. The lowest BCUT2D eigenvalue weighted by Gasteiger charge is -2.23. The standard InChI is InChI=1S/C7H18N2O/c1-4-5(2)6(8)7(10)9-3/h5-7,9-10H,4,8H2,1-3H3. The summed E-state index contributed by atoms with van der Waals surface area (Å²) >= 11 is 0. The molecule has 10 heavy (non-hydrogen) atoms. The van der Waals surface area contributed by atoms with E-state index in [2.05, 4.69) is 12.2 Å². The molecule has 0 aromatic rings. The summed E-state index contributed by atoms with van der Waals surface area (Å²) in [5.41, 5.74) is 5.67. The number of nitrogens with one attached hydrogen (secondary N) is 1. The molecule has 0 saturated carbocycles. The van der Waals surface area contributed by atoms with Gasteiger partial charge in [-0.3, -0.25) is 5.32 Å². The lowest BCUT2D eigenvalue weighted by molar-refractivity contribution is 0.0950. The molecule has 4 N–H and O–H groups in total. The van der Waals surface area contributed by atoms with Crippen molar-refractivity contribution in [1.82, 2.24) is 5.32 Å². The maximum Gasteiger partial charge on any atom is 0.120 e. The molecule has 0 aromatic carbocycles. The lowest BCUT2D eigenvalue weighted by atomic mass is 9.99. The van der Waals surface area contributed by atoms with E-state index in [-0.39, 0.29) is 6.04 Å². The predicted octanol–water partition coefficient (Wildman–Crippen LogP) is -0.102. The maximum atomic E-state index is 9.19. The van der Waals surface area contributed by atoms with E-state index in [4.69, 9.17) is 5.73 Å². The Morgan fingerprint density at radius 3 is 2.40 bits per heavy atom. The van der Waals surface area contributed by atoms with Crippen molar-refractivity contribution in [2.75, 3.05) is 7.05 Å². The molecule has 0 amide bonds. The molecule has 0 saturated heterocycles. The van der Waals surface area contributed by atoms with Crippen molar-refractivity contribution in [2.45, 2.75) is 32.5 Å². The molecular formula is C7H18N2O. The molecule has 0 aliphatic carbocycles. The zero-order chi connectivity index (χ0) is 8.15. The van der Waals surface area contributed by atoms with Gasteiger partial charge in [0.05, 0.1) is 0 Å². The summed E-state index contributed by atoms with van der Waals surface area (Å²) in [6, 6.07) is -0.157. The van der Waals surface area contributed by atoms with Crippen LogP contribution in [0.25, 0.3) is 0 Å². The van der Waals surface area contributed by atoms with Crippen LogP contribution in [0.1, 0.15) is 20.3 Å². The summed E-state index contributed by atoms with van der Waals surface area (Å²) in [6.45, 7) is 4.10. The van der Waals surface area contributed by atoms with Gasteiger partial charge in [0.1, 0.15) is 6.23 Å². The lowest BCUT2D eigenvalue weighted by Crippen LogP contribution is -2.47. The van der Waals surface area contributed by atoms with Gasteiger partial charge < -0.3 is 10.8 Å². The van der Waals surface area contributed by atoms with Gasteiger partial charge in [0.2, 0.25) is 0 Å². The quantitative estimate of drug-likeness (QED) is 0.485. The number of rotatable bonds is 4. The summed E-state index contributed by atoms with van der Waals surface area (Å²) in [5.74, 6) is 0.363. The fourth-order valence-corrected chi connectivity index (χ4v) is 0.776. The highest BCUT2D eigenvalue weighted by molar-refractivity contribution is 4.73. The third-order valence-corrected chi connectivity index (χ3v) is 1.96. The van der Waals surface area contributed by atoms with Crippen LogP contribution in [0, 0.1) is 5.92 Å². The maximum absolute atomic E-state index is 9.19. The van der Waals surface area contributed by atoms with E-state index in [0.717, 1.165) is 6.42 Å². The second-order valence-electron chi connectivity index (χ2n) is 2.70. The Morgan fingerprint density at radius 1 is 1.60 bits per heavy atom. The van der Waals surface area contributed by atoms with E-state index < -0.39 is 6.23 Å². The number of hydrogen-bond donors (Lipinski definition) is 3. The third-order valence-electron chi connectivity index (χ3n) is 1.96. The van der Waals surface area contributed by atoms with Crippen molar-refractivity contribution in [3.8, 4) is 0 Å². The van der Waals surface area contributed by atoms with E-state index in [1.165, 1.54) is 0 Å². The summed E-state index contributed by atoms with van der Waals surface area (Å²) in [5, 5.41) is 11.9. The van der Waals surface area contributed by atoms with Crippen LogP contribution in [0.3, 0.4) is 0 Å². The highest BCUT2D eigenvalue weighted by Gasteiger charge is 2.17. The van der Waals surface area contributed by atoms with Gasteiger partial charge in [-0.2, -0.15) is 0 Å². The van der Waals surface area contributed by atoms with Gasteiger partial charge in [0.15, 0.2) is 0 Å². The molecular weight excluding hydrogens is 128 g/mol. The molecule has 0 aromatic heterocycles. The average Bonchev–Trinajstić information content (AvgIpc) is 2.00. The molecule has 0 bridgehead atoms. The molecule has 0 radical (unpaired) electrons. The van der Waals surface area contributed by atoms with Crippen LogP contribution in [0.15, 0.2) is 0 Å². The molecule has 0 heterocycles. The second kappa shape index (κ2) is 4.66. The van der Waals surface area contributed by atoms with Gasteiger partial charge >= 0.3 is 0 Å². The molecule has 3 heteroatoms. The molecule has 0 aliphatic rings. The topological polar surface area (TPSA) is 58.3 Å². The minimum atomic E-state index is -0.574. The summed E-state index contributed by atoms with van der Waals surface area (Å²) in [7, 11) is 1.70. The first-order valence-electron chi connectivity index (χ1n) is 3.74. The first-order chi connectivity index (χ1) is 4.63. The summed E-state index contributed by atoms with van der Waals surface area (Å²) in [6.07, 6.45) is 0.426. The number of aliphatic hydroxyl groups is 1. The van der Waals surface area contributed by atoms with Gasteiger partial charge in [-0.25, -0.2) is 0 Å². The molecule has 3 atom stereocenters. The van der Waals surface area contributed by atoms with Crippen molar-refractivity contribution in [3.63, 3.8) is 0 Å². The molecule has 3 nitrogen and oxygen atoms in total. The fourth-order valence-electron chi connectivity index (χ4n) is 0.776. The average molecular weight is 146 g/mol. The zero-order valence-corrected chi connectivity index (χ0v) is 6.96. The normalized spacial score (nSPS) is 20.1. The minimum absolute atomic E-state index is 0.157. The first kappa shape index (κ1) is 9.88. The van der Waals surface area contributed by atoms with Crippen LogP contribution in [-0.2, 0) is 0 Å². The van der Waals surface area contributed by atoms with Crippen molar-refractivity contribution in [2.24, 2.45) is 11.7 Å². The van der Waals surface area contributed by atoms with Gasteiger partial charge in [0.25, 0.3) is 0 Å². The largest absolute Gasteiger partial charge is 0.377 e. The Hall–Kier alpha value is -0.120. The summed E-state index contributed by atoms with van der Waals surface area (Å²) < 4.78 is 0. The van der Waals surface area contributed by atoms with Crippen molar-refractivity contribution in [1.29, 1.82) is 0 Å². The van der Waals surface area contributed by atoms with Gasteiger partial charge in [0, 0.05) is 6.04 Å². The molecule has 62 valence electrons. The molecule has 3 unspecified atom stereocenters.